The summed E-state index contributed by atoms with van der Waals surface area (Å²) in [6.45, 7) is 1.46. The SMILES string of the molecule is Cc1noc(OCc2cccc(F)c2F)n1. The zero-order valence-electron chi connectivity index (χ0n) is 8.41. The maximum Gasteiger partial charge on any atom is 0.417 e. The lowest BCUT2D eigenvalue weighted by Gasteiger charge is -2.02. The molecule has 6 heteroatoms. The van der Waals surface area contributed by atoms with Crippen LogP contribution >= 0.6 is 0 Å². The number of ether oxygens (including phenoxy) is 1. The fourth-order valence-corrected chi connectivity index (χ4v) is 1.14. The van der Waals surface area contributed by atoms with Crippen LogP contribution in [-0.2, 0) is 6.61 Å². The molecule has 0 bridgehead atoms. The van der Waals surface area contributed by atoms with Crippen molar-refractivity contribution in [2.75, 3.05) is 0 Å². The summed E-state index contributed by atoms with van der Waals surface area (Å²) in [6, 6.07) is 3.85. The first-order valence-corrected chi connectivity index (χ1v) is 4.53. The van der Waals surface area contributed by atoms with E-state index < -0.39 is 11.6 Å². The van der Waals surface area contributed by atoms with Crippen molar-refractivity contribution in [2.24, 2.45) is 0 Å². The molecular weight excluding hydrogens is 218 g/mol. The van der Waals surface area contributed by atoms with Gasteiger partial charge in [0, 0.05) is 5.56 Å². The van der Waals surface area contributed by atoms with Crippen molar-refractivity contribution in [3.8, 4) is 6.08 Å². The van der Waals surface area contributed by atoms with Gasteiger partial charge in [0.05, 0.1) is 0 Å². The van der Waals surface area contributed by atoms with Gasteiger partial charge in [-0.05, 0) is 13.0 Å². The Hall–Kier alpha value is -1.98. The Morgan fingerprint density at radius 2 is 2.19 bits per heavy atom. The molecule has 2 aromatic rings. The van der Waals surface area contributed by atoms with E-state index in [-0.39, 0.29) is 18.2 Å². The second kappa shape index (κ2) is 4.26. The summed E-state index contributed by atoms with van der Waals surface area (Å²) in [5.74, 6) is -1.43. The van der Waals surface area contributed by atoms with Crippen molar-refractivity contribution < 1.29 is 18.0 Å². The first kappa shape index (κ1) is 10.5. The summed E-state index contributed by atoms with van der Waals surface area (Å²) in [5, 5.41) is 3.49. The molecule has 0 radical (unpaired) electrons. The number of aryl methyl sites for hydroxylation is 1. The van der Waals surface area contributed by atoms with Crippen LogP contribution in [0, 0.1) is 18.6 Å². The van der Waals surface area contributed by atoms with Crippen LogP contribution in [0.3, 0.4) is 0 Å². The summed E-state index contributed by atoms with van der Waals surface area (Å²) in [7, 11) is 0. The number of aromatic nitrogens is 2. The molecule has 0 N–H and O–H groups in total. The molecule has 0 aliphatic heterocycles. The molecule has 1 aromatic heterocycles. The van der Waals surface area contributed by atoms with E-state index >= 15 is 0 Å². The Morgan fingerprint density at radius 3 is 2.88 bits per heavy atom. The van der Waals surface area contributed by atoms with Crippen LogP contribution in [0.4, 0.5) is 8.78 Å². The molecule has 0 saturated heterocycles. The van der Waals surface area contributed by atoms with Gasteiger partial charge in [-0.1, -0.05) is 17.3 Å². The van der Waals surface area contributed by atoms with E-state index in [0.717, 1.165) is 6.07 Å². The van der Waals surface area contributed by atoms with E-state index in [1.54, 1.807) is 6.92 Å². The summed E-state index contributed by atoms with van der Waals surface area (Å²) in [4.78, 5) is 3.76. The van der Waals surface area contributed by atoms with Crippen LogP contribution in [0.1, 0.15) is 11.4 Å². The Labute approximate surface area is 89.8 Å². The monoisotopic (exact) mass is 226 g/mol. The van der Waals surface area contributed by atoms with Gasteiger partial charge < -0.3 is 4.74 Å². The predicted octanol–water partition coefficient (Wildman–Crippen LogP) is 2.24. The fraction of sp³-hybridized carbons (Fsp3) is 0.200. The van der Waals surface area contributed by atoms with Crippen LogP contribution in [0.2, 0.25) is 0 Å². The Kier molecular flexibility index (Phi) is 2.80. The van der Waals surface area contributed by atoms with Gasteiger partial charge in [-0.3, -0.25) is 4.52 Å². The first-order chi connectivity index (χ1) is 7.66. The third-order valence-electron chi connectivity index (χ3n) is 1.89. The number of nitrogens with zero attached hydrogens (tertiary/aromatic N) is 2. The van der Waals surface area contributed by atoms with Crippen molar-refractivity contribution in [1.82, 2.24) is 10.1 Å². The van der Waals surface area contributed by atoms with Gasteiger partial charge in [-0.25, -0.2) is 8.78 Å². The first-order valence-electron chi connectivity index (χ1n) is 4.53. The number of halogens is 2. The summed E-state index contributed by atoms with van der Waals surface area (Å²) in [6.07, 6.45) is -0.0684. The van der Waals surface area contributed by atoms with E-state index in [4.69, 9.17) is 4.74 Å². The minimum Gasteiger partial charge on any atom is -0.444 e. The molecule has 0 unspecified atom stereocenters. The van der Waals surface area contributed by atoms with Gasteiger partial charge in [0.25, 0.3) is 0 Å². The van der Waals surface area contributed by atoms with Gasteiger partial charge in [0.15, 0.2) is 17.5 Å². The molecule has 0 spiro atoms. The lowest BCUT2D eigenvalue weighted by molar-refractivity contribution is 0.192. The second-order valence-corrected chi connectivity index (χ2v) is 3.11. The molecule has 0 aliphatic carbocycles. The summed E-state index contributed by atoms with van der Waals surface area (Å²) in [5.41, 5.74) is 0.0934. The lowest BCUT2D eigenvalue weighted by atomic mass is 10.2. The standard InChI is InChI=1S/C10H8F2N2O2/c1-6-13-10(16-14-6)15-5-7-3-2-4-8(11)9(7)12/h2-4H,5H2,1H3. The highest BCUT2D eigenvalue weighted by molar-refractivity contribution is 5.18. The van der Waals surface area contributed by atoms with E-state index in [1.165, 1.54) is 12.1 Å². The zero-order chi connectivity index (χ0) is 11.5. The fourth-order valence-electron chi connectivity index (χ4n) is 1.14. The molecule has 0 atom stereocenters. The molecule has 16 heavy (non-hydrogen) atoms. The maximum atomic E-state index is 13.2. The number of rotatable bonds is 3. The average Bonchev–Trinajstić information content (AvgIpc) is 2.67. The van der Waals surface area contributed by atoms with Crippen LogP contribution < -0.4 is 4.74 Å². The van der Waals surface area contributed by atoms with Crippen molar-refractivity contribution in [3.05, 3.63) is 41.2 Å². The largest absolute Gasteiger partial charge is 0.444 e. The van der Waals surface area contributed by atoms with Gasteiger partial charge in [0.1, 0.15) is 6.61 Å². The van der Waals surface area contributed by atoms with E-state index in [0.29, 0.717) is 5.82 Å². The Morgan fingerprint density at radius 1 is 1.38 bits per heavy atom. The molecule has 84 valence electrons. The molecular formula is C10H8F2N2O2. The molecule has 4 nitrogen and oxygen atoms in total. The molecule has 0 fully saturated rings. The smallest absolute Gasteiger partial charge is 0.417 e. The molecule has 0 aliphatic rings. The number of benzene rings is 1. The van der Waals surface area contributed by atoms with E-state index in [9.17, 15) is 8.78 Å². The van der Waals surface area contributed by atoms with E-state index in [1.807, 2.05) is 0 Å². The molecule has 2 rings (SSSR count). The van der Waals surface area contributed by atoms with Gasteiger partial charge in [-0.2, -0.15) is 4.98 Å². The molecule has 1 aromatic carbocycles. The quantitative estimate of drug-likeness (QED) is 0.805. The highest BCUT2D eigenvalue weighted by Gasteiger charge is 2.10. The van der Waals surface area contributed by atoms with Crippen molar-refractivity contribution in [3.63, 3.8) is 0 Å². The molecule has 1 heterocycles. The summed E-state index contributed by atoms with van der Waals surface area (Å²) >= 11 is 0. The normalized spacial score (nSPS) is 10.4. The van der Waals surface area contributed by atoms with Gasteiger partial charge in [-0.15, -0.1) is 0 Å². The number of hydrogen-bond donors (Lipinski definition) is 0. The Bertz CT molecular complexity index is 499. The topological polar surface area (TPSA) is 48.2 Å². The number of hydrogen-bond acceptors (Lipinski definition) is 4. The third-order valence-corrected chi connectivity index (χ3v) is 1.89. The Balaban J connectivity index is 2.07. The van der Waals surface area contributed by atoms with Crippen LogP contribution in [0.25, 0.3) is 0 Å². The highest BCUT2D eigenvalue weighted by Crippen LogP contribution is 2.14. The highest BCUT2D eigenvalue weighted by atomic mass is 19.2. The predicted molar refractivity (Wildman–Crippen MR) is 49.7 cm³/mol. The lowest BCUT2D eigenvalue weighted by Crippen LogP contribution is -2.00. The van der Waals surface area contributed by atoms with Crippen LogP contribution in [0.15, 0.2) is 22.7 Å². The minimum absolute atomic E-state index is 0.0684. The minimum atomic E-state index is -0.932. The van der Waals surface area contributed by atoms with Crippen molar-refractivity contribution in [2.45, 2.75) is 13.5 Å². The van der Waals surface area contributed by atoms with Gasteiger partial charge in [0.2, 0.25) is 0 Å². The van der Waals surface area contributed by atoms with E-state index in [2.05, 4.69) is 14.7 Å². The second-order valence-electron chi connectivity index (χ2n) is 3.11. The molecule has 0 saturated carbocycles. The van der Waals surface area contributed by atoms with Crippen LogP contribution in [-0.4, -0.2) is 10.1 Å². The average molecular weight is 226 g/mol. The van der Waals surface area contributed by atoms with Crippen LogP contribution in [0.5, 0.6) is 6.08 Å². The maximum absolute atomic E-state index is 13.2. The molecule has 0 amide bonds. The third kappa shape index (κ3) is 2.16. The zero-order valence-corrected chi connectivity index (χ0v) is 8.41. The van der Waals surface area contributed by atoms with Gasteiger partial charge >= 0.3 is 6.08 Å². The van der Waals surface area contributed by atoms with Crippen molar-refractivity contribution >= 4 is 0 Å². The summed E-state index contributed by atoms with van der Waals surface area (Å²) < 4.78 is 35.7. The van der Waals surface area contributed by atoms with Crippen molar-refractivity contribution in [1.29, 1.82) is 0 Å².